The van der Waals surface area contributed by atoms with Crippen LogP contribution >= 0.6 is 0 Å². The number of carbonyl (C=O) groups is 2. The summed E-state index contributed by atoms with van der Waals surface area (Å²) in [5.74, 6) is -1.16. The molecule has 0 radical (unpaired) electrons. The number of rotatable bonds is 4. The number of fused-ring (bicyclic) bond motifs is 1. The highest BCUT2D eigenvalue weighted by Crippen LogP contribution is 2.29. The van der Waals surface area contributed by atoms with Crippen molar-refractivity contribution < 1.29 is 9.59 Å². The molecule has 0 aromatic heterocycles. The smallest absolute Gasteiger partial charge is 0.245 e. The lowest BCUT2D eigenvalue weighted by molar-refractivity contribution is -0.133. The van der Waals surface area contributed by atoms with Crippen LogP contribution in [-0.4, -0.2) is 18.1 Å². The summed E-state index contributed by atoms with van der Waals surface area (Å²) in [6.07, 6.45) is 3.47. The van der Waals surface area contributed by atoms with Gasteiger partial charge in [-0.2, -0.15) is 0 Å². The van der Waals surface area contributed by atoms with E-state index in [1.54, 1.807) is 6.20 Å². The molecule has 0 fully saturated rings. The molecule has 0 atom stereocenters. The fraction of sp³-hybridized carbons (Fsp3) is 0.333. The summed E-state index contributed by atoms with van der Waals surface area (Å²) in [6, 6.07) is 6.35. The maximum absolute atomic E-state index is 11.5. The van der Waals surface area contributed by atoms with Crippen LogP contribution in [0.25, 0.3) is 0 Å². The molecule has 0 aliphatic carbocycles. The highest BCUT2D eigenvalue weighted by Gasteiger charge is 2.20. The van der Waals surface area contributed by atoms with Gasteiger partial charge in [0.15, 0.2) is 0 Å². The fourth-order valence-corrected chi connectivity index (χ4v) is 2.23. The van der Waals surface area contributed by atoms with Crippen LogP contribution in [-0.2, 0) is 22.4 Å². The van der Waals surface area contributed by atoms with E-state index in [0.717, 1.165) is 25.1 Å². The van der Waals surface area contributed by atoms with E-state index >= 15 is 0 Å². The molecule has 19 heavy (non-hydrogen) atoms. The van der Waals surface area contributed by atoms with Crippen molar-refractivity contribution in [3.63, 3.8) is 0 Å². The van der Waals surface area contributed by atoms with Gasteiger partial charge in [0.05, 0.1) is 5.70 Å². The molecule has 1 heterocycles. The van der Waals surface area contributed by atoms with E-state index in [9.17, 15) is 9.59 Å². The van der Waals surface area contributed by atoms with Gasteiger partial charge in [-0.1, -0.05) is 19.1 Å². The third-order valence-corrected chi connectivity index (χ3v) is 3.37. The van der Waals surface area contributed by atoms with E-state index in [1.807, 2.05) is 4.90 Å². The van der Waals surface area contributed by atoms with Gasteiger partial charge in [0, 0.05) is 25.4 Å². The number of Topliss-reactive ketones (excluding diaryl/α,β-unsaturated/α-hetero) is 2. The third kappa shape index (κ3) is 2.67. The Balaban J connectivity index is 2.29. The predicted octanol–water partition coefficient (Wildman–Crippen LogP) is 1.57. The zero-order valence-corrected chi connectivity index (χ0v) is 11.3. The first-order valence-electron chi connectivity index (χ1n) is 6.44. The van der Waals surface area contributed by atoms with Crippen LogP contribution in [0, 0.1) is 0 Å². The average molecular weight is 258 g/mol. The second-order valence-electron chi connectivity index (χ2n) is 4.73. The zero-order valence-electron chi connectivity index (χ0n) is 11.3. The monoisotopic (exact) mass is 258 g/mol. The number of allylic oxidation sites excluding steroid dienone is 1. The minimum Gasteiger partial charge on any atom is -0.394 e. The Morgan fingerprint density at radius 3 is 2.79 bits per heavy atom. The number of ketones is 2. The maximum Gasteiger partial charge on any atom is 0.245 e. The normalized spacial score (nSPS) is 14.4. The molecular weight excluding hydrogens is 240 g/mol. The molecule has 0 spiro atoms. The van der Waals surface area contributed by atoms with Crippen molar-refractivity contribution in [2.75, 3.05) is 11.4 Å². The molecule has 0 bridgehead atoms. The van der Waals surface area contributed by atoms with Crippen LogP contribution in [0.5, 0.6) is 0 Å². The summed E-state index contributed by atoms with van der Waals surface area (Å²) >= 11 is 0. The van der Waals surface area contributed by atoms with Crippen LogP contribution in [0.4, 0.5) is 5.69 Å². The average Bonchev–Trinajstić information content (AvgIpc) is 2.80. The minimum absolute atomic E-state index is 0.00208. The summed E-state index contributed by atoms with van der Waals surface area (Å²) in [5, 5.41) is 0. The van der Waals surface area contributed by atoms with Crippen LogP contribution in [0.3, 0.4) is 0 Å². The molecule has 0 saturated heterocycles. The summed E-state index contributed by atoms with van der Waals surface area (Å²) < 4.78 is 0. The summed E-state index contributed by atoms with van der Waals surface area (Å²) in [4.78, 5) is 24.5. The summed E-state index contributed by atoms with van der Waals surface area (Å²) in [7, 11) is 0. The number of carbonyl (C=O) groups excluding carboxylic acids is 2. The number of aryl methyl sites for hydroxylation is 1. The molecule has 0 unspecified atom stereocenters. The van der Waals surface area contributed by atoms with Crippen LogP contribution in [0.15, 0.2) is 30.1 Å². The molecule has 0 saturated carbocycles. The van der Waals surface area contributed by atoms with E-state index in [1.165, 1.54) is 18.1 Å². The van der Waals surface area contributed by atoms with Crippen molar-refractivity contribution in [2.24, 2.45) is 5.73 Å². The van der Waals surface area contributed by atoms with Gasteiger partial charge >= 0.3 is 0 Å². The third-order valence-electron chi connectivity index (χ3n) is 3.37. The first kappa shape index (κ1) is 13.3. The van der Waals surface area contributed by atoms with E-state index in [2.05, 4.69) is 25.1 Å². The van der Waals surface area contributed by atoms with Gasteiger partial charge in [0.25, 0.3) is 0 Å². The highest BCUT2D eigenvalue weighted by atomic mass is 16.2. The van der Waals surface area contributed by atoms with Gasteiger partial charge in [-0.3, -0.25) is 9.59 Å². The van der Waals surface area contributed by atoms with E-state index < -0.39 is 11.6 Å². The standard InChI is InChI=1S/C15H18N2O2/c1-3-11-4-5-12-6-7-17(14(12)8-11)9-13(16)15(19)10(2)18/h4-5,8-9H,3,6-7,16H2,1-2H3/b13-9-. The summed E-state index contributed by atoms with van der Waals surface area (Å²) in [6.45, 7) is 4.12. The van der Waals surface area contributed by atoms with Crippen molar-refractivity contribution in [3.8, 4) is 0 Å². The van der Waals surface area contributed by atoms with E-state index in [0.29, 0.717) is 0 Å². The Morgan fingerprint density at radius 2 is 2.16 bits per heavy atom. The lowest BCUT2D eigenvalue weighted by Crippen LogP contribution is -2.23. The fourth-order valence-electron chi connectivity index (χ4n) is 2.23. The predicted molar refractivity (Wildman–Crippen MR) is 74.8 cm³/mol. The second-order valence-corrected chi connectivity index (χ2v) is 4.73. The largest absolute Gasteiger partial charge is 0.394 e. The van der Waals surface area contributed by atoms with Crippen molar-refractivity contribution in [1.29, 1.82) is 0 Å². The number of nitrogens with zero attached hydrogens (tertiary/aromatic N) is 1. The molecule has 0 amide bonds. The van der Waals surface area contributed by atoms with Gasteiger partial charge in [-0.25, -0.2) is 0 Å². The number of hydrogen-bond donors (Lipinski definition) is 1. The molecule has 1 aliphatic rings. The molecule has 4 nitrogen and oxygen atoms in total. The summed E-state index contributed by atoms with van der Waals surface area (Å²) in [5.41, 5.74) is 9.25. The molecule has 1 aromatic rings. The molecule has 1 aromatic carbocycles. The Labute approximate surface area is 112 Å². The first-order chi connectivity index (χ1) is 9.02. The van der Waals surface area contributed by atoms with Gasteiger partial charge in [0.2, 0.25) is 11.6 Å². The van der Waals surface area contributed by atoms with Gasteiger partial charge in [-0.05, 0) is 30.0 Å². The lowest BCUT2D eigenvalue weighted by atomic mass is 10.1. The molecule has 100 valence electrons. The lowest BCUT2D eigenvalue weighted by Gasteiger charge is -2.15. The van der Waals surface area contributed by atoms with Crippen molar-refractivity contribution in [2.45, 2.75) is 26.7 Å². The molecule has 4 heteroatoms. The van der Waals surface area contributed by atoms with Crippen LogP contribution < -0.4 is 10.6 Å². The van der Waals surface area contributed by atoms with Gasteiger partial charge < -0.3 is 10.6 Å². The van der Waals surface area contributed by atoms with Gasteiger partial charge in [-0.15, -0.1) is 0 Å². The quantitative estimate of drug-likeness (QED) is 0.657. The van der Waals surface area contributed by atoms with Crippen molar-refractivity contribution in [3.05, 3.63) is 41.2 Å². The SMILES string of the molecule is CCc1ccc2c(c1)N(/C=C(\N)C(=O)C(C)=O)CC2. The molecule has 2 rings (SSSR count). The topological polar surface area (TPSA) is 63.4 Å². The number of hydrogen-bond acceptors (Lipinski definition) is 4. The Kier molecular flexibility index (Phi) is 3.69. The Morgan fingerprint density at radius 1 is 1.42 bits per heavy atom. The highest BCUT2D eigenvalue weighted by molar-refractivity contribution is 6.42. The first-order valence-corrected chi connectivity index (χ1v) is 6.44. The Bertz CT molecular complexity index is 561. The molecular formula is C15H18N2O2. The van der Waals surface area contributed by atoms with Crippen LogP contribution in [0.1, 0.15) is 25.0 Å². The molecule has 2 N–H and O–H groups in total. The second kappa shape index (κ2) is 5.26. The maximum atomic E-state index is 11.5. The van der Waals surface area contributed by atoms with Crippen molar-refractivity contribution in [1.82, 2.24) is 0 Å². The number of anilines is 1. The number of nitrogens with two attached hydrogens (primary N) is 1. The number of benzene rings is 1. The van der Waals surface area contributed by atoms with E-state index in [-0.39, 0.29) is 5.70 Å². The molecule has 1 aliphatic heterocycles. The van der Waals surface area contributed by atoms with Crippen molar-refractivity contribution >= 4 is 17.3 Å². The zero-order chi connectivity index (χ0) is 14.0. The van der Waals surface area contributed by atoms with E-state index in [4.69, 9.17) is 5.73 Å². The minimum atomic E-state index is -0.625. The van der Waals surface area contributed by atoms with Gasteiger partial charge in [0.1, 0.15) is 0 Å². The van der Waals surface area contributed by atoms with Crippen LogP contribution in [0.2, 0.25) is 0 Å². The Hall–Kier alpha value is -2.10.